The second kappa shape index (κ2) is 7.43. The van der Waals surface area contributed by atoms with E-state index in [1.165, 1.54) is 19.4 Å². The van der Waals surface area contributed by atoms with E-state index in [1.807, 2.05) is 42.5 Å². The number of H-pyrrole nitrogens is 1. The number of aromatic nitrogens is 2. The Balaban J connectivity index is 1.68. The molecule has 0 saturated heterocycles. The Morgan fingerprint density at radius 1 is 1.17 bits per heavy atom. The number of nitro groups is 1. The van der Waals surface area contributed by atoms with Crippen LogP contribution in [0.3, 0.4) is 0 Å². The molecule has 4 aromatic rings. The highest BCUT2D eigenvalue weighted by molar-refractivity contribution is 5.89. The maximum absolute atomic E-state index is 11.1. The number of nitrogens with zero attached hydrogens (tertiary/aromatic N) is 3. The maximum Gasteiger partial charge on any atom is 0.315 e. The van der Waals surface area contributed by atoms with Crippen LogP contribution in [-0.4, -0.2) is 33.3 Å². The van der Waals surface area contributed by atoms with Crippen molar-refractivity contribution < 1.29 is 14.8 Å². The fourth-order valence-corrected chi connectivity index (χ4v) is 2.92. The standard InChI is InChI=1S/C21H16N4O4/c1-29-16-9-14(20(26)19(11-16)25(27)28)12-22-15-7-8-17-18(10-15)24-21(23-17)13-5-3-2-4-6-13/h2-12,26H,1H3,(H,23,24). The first-order chi connectivity index (χ1) is 14.0. The molecule has 1 heterocycles. The Bertz CT molecular complexity index is 1230. The molecule has 0 atom stereocenters. The van der Waals surface area contributed by atoms with Gasteiger partial charge in [-0.2, -0.15) is 0 Å². The predicted octanol–water partition coefficient (Wildman–Crippen LogP) is 4.60. The molecule has 8 nitrogen and oxygen atoms in total. The van der Waals surface area contributed by atoms with Crippen molar-refractivity contribution in [1.82, 2.24) is 9.97 Å². The van der Waals surface area contributed by atoms with Gasteiger partial charge >= 0.3 is 5.69 Å². The van der Waals surface area contributed by atoms with Crippen LogP contribution in [0.5, 0.6) is 11.5 Å². The number of imidazole rings is 1. The Morgan fingerprint density at radius 2 is 1.97 bits per heavy atom. The van der Waals surface area contributed by atoms with Crippen LogP contribution in [0.4, 0.5) is 11.4 Å². The second-order valence-electron chi connectivity index (χ2n) is 6.25. The molecule has 144 valence electrons. The van der Waals surface area contributed by atoms with Crippen molar-refractivity contribution in [2.75, 3.05) is 7.11 Å². The van der Waals surface area contributed by atoms with Crippen molar-refractivity contribution in [2.24, 2.45) is 4.99 Å². The summed E-state index contributed by atoms with van der Waals surface area (Å²) in [6.07, 6.45) is 1.36. The van der Waals surface area contributed by atoms with Gasteiger partial charge in [-0.3, -0.25) is 15.1 Å². The van der Waals surface area contributed by atoms with Crippen LogP contribution < -0.4 is 4.74 Å². The minimum Gasteiger partial charge on any atom is -0.502 e. The molecule has 4 rings (SSSR count). The second-order valence-corrected chi connectivity index (χ2v) is 6.25. The molecule has 0 aliphatic rings. The Kier molecular flexibility index (Phi) is 4.66. The summed E-state index contributed by atoms with van der Waals surface area (Å²) in [5.74, 6) is 0.545. The third-order valence-electron chi connectivity index (χ3n) is 4.39. The Labute approximate surface area is 165 Å². The fraction of sp³-hybridized carbons (Fsp3) is 0.0476. The lowest BCUT2D eigenvalue weighted by atomic mass is 10.1. The molecule has 1 aromatic heterocycles. The third-order valence-corrected chi connectivity index (χ3v) is 4.39. The molecule has 8 heteroatoms. The van der Waals surface area contributed by atoms with E-state index >= 15 is 0 Å². The van der Waals surface area contributed by atoms with Crippen molar-refractivity contribution in [3.63, 3.8) is 0 Å². The average molecular weight is 388 g/mol. The van der Waals surface area contributed by atoms with E-state index in [1.54, 1.807) is 6.07 Å². The van der Waals surface area contributed by atoms with E-state index in [-0.39, 0.29) is 11.3 Å². The summed E-state index contributed by atoms with van der Waals surface area (Å²) in [5.41, 5.74) is 2.92. The van der Waals surface area contributed by atoms with Crippen LogP contribution >= 0.6 is 0 Å². The fourth-order valence-electron chi connectivity index (χ4n) is 2.92. The summed E-state index contributed by atoms with van der Waals surface area (Å²) in [6.45, 7) is 0. The zero-order valence-electron chi connectivity index (χ0n) is 15.4. The van der Waals surface area contributed by atoms with Crippen LogP contribution in [0.1, 0.15) is 5.56 Å². The first kappa shape index (κ1) is 18.2. The molecule has 3 aromatic carbocycles. The predicted molar refractivity (Wildman–Crippen MR) is 110 cm³/mol. The van der Waals surface area contributed by atoms with Gasteiger partial charge in [0.1, 0.15) is 11.6 Å². The number of hydrogen-bond acceptors (Lipinski definition) is 6. The summed E-state index contributed by atoms with van der Waals surface area (Å²) in [6, 6.07) is 17.8. The highest BCUT2D eigenvalue weighted by Crippen LogP contribution is 2.34. The quantitative estimate of drug-likeness (QED) is 0.295. The number of aromatic amines is 1. The topological polar surface area (TPSA) is 114 Å². The van der Waals surface area contributed by atoms with E-state index in [2.05, 4.69) is 15.0 Å². The van der Waals surface area contributed by atoms with Crippen molar-refractivity contribution in [3.8, 4) is 22.9 Å². The highest BCUT2D eigenvalue weighted by Gasteiger charge is 2.18. The molecule has 0 fully saturated rings. The molecule has 0 bridgehead atoms. The van der Waals surface area contributed by atoms with E-state index in [9.17, 15) is 15.2 Å². The number of nitrogens with one attached hydrogen (secondary N) is 1. The van der Waals surface area contributed by atoms with Gasteiger partial charge in [0.05, 0.1) is 34.8 Å². The molecule has 0 aliphatic heterocycles. The number of nitro benzene ring substituents is 1. The third kappa shape index (κ3) is 3.63. The summed E-state index contributed by atoms with van der Waals surface area (Å²) < 4.78 is 5.06. The number of aliphatic imine (C=N–C) groups is 1. The van der Waals surface area contributed by atoms with Crippen molar-refractivity contribution in [3.05, 3.63) is 76.3 Å². The van der Waals surface area contributed by atoms with Crippen molar-refractivity contribution in [1.29, 1.82) is 0 Å². The lowest BCUT2D eigenvalue weighted by molar-refractivity contribution is -0.385. The number of hydrogen-bond donors (Lipinski definition) is 2. The number of phenolic OH excluding ortho intramolecular Hbond substituents is 1. The molecule has 0 radical (unpaired) electrons. The molecule has 0 unspecified atom stereocenters. The van der Waals surface area contributed by atoms with Crippen LogP contribution in [0, 0.1) is 10.1 Å². The molecule has 0 saturated carbocycles. The summed E-state index contributed by atoms with van der Waals surface area (Å²) >= 11 is 0. The number of aromatic hydroxyl groups is 1. The molecule has 0 spiro atoms. The van der Waals surface area contributed by atoms with E-state index in [0.29, 0.717) is 5.69 Å². The smallest absolute Gasteiger partial charge is 0.315 e. The largest absolute Gasteiger partial charge is 0.502 e. The number of phenols is 1. The van der Waals surface area contributed by atoms with Crippen LogP contribution in [0.25, 0.3) is 22.4 Å². The first-order valence-electron chi connectivity index (χ1n) is 8.70. The molecule has 2 N–H and O–H groups in total. The monoisotopic (exact) mass is 388 g/mol. The van der Waals surface area contributed by atoms with E-state index in [4.69, 9.17) is 4.74 Å². The van der Waals surface area contributed by atoms with E-state index < -0.39 is 16.4 Å². The normalized spacial score (nSPS) is 11.2. The van der Waals surface area contributed by atoms with Gasteiger partial charge in [0, 0.05) is 17.3 Å². The number of benzene rings is 3. The summed E-state index contributed by atoms with van der Waals surface area (Å²) in [7, 11) is 1.40. The molecule has 0 aliphatic carbocycles. The van der Waals surface area contributed by atoms with Gasteiger partial charge in [-0.1, -0.05) is 30.3 Å². The van der Waals surface area contributed by atoms with Crippen LogP contribution in [0.15, 0.2) is 65.7 Å². The molecular weight excluding hydrogens is 372 g/mol. The zero-order valence-corrected chi connectivity index (χ0v) is 15.4. The molecular formula is C21H16N4O4. The average Bonchev–Trinajstić information content (AvgIpc) is 3.17. The van der Waals surface area contributed by atoms with Crippen LogP contribution in [-0.2, 0) is 0 Å². The number of fused-ring (bicyclic) bond motifs is 1. The van der Waals surface area contributed by atoms with Gasteiger partial charge < -0.3 is 14.8 Å². The summed E-state index contributed by atoms with van der Waals surface area (Å²) in [5, 5.41) is 21.3. The number of rotatable bonds is 5. The molecule has 29 heavy (non-hydrogen) atoms. The molecule has 0 amide bonds. The van der Waals surface area contributed by atoms with Crippen molar-refractivity contribution in [2.45, 2.75) is 0 Å². The number of methoxy groups -OCH3 is 1. The van der Waals surface area contributed by atoms with Gasteiger partial charge in [0.25, 0.3) is 0 Å². The Hall–Kier alpha value is -4.20. The van der Waals surface area contributed by atoms with Gasteiger partial charge in [-0.15, -0.1) is 0 Å². The maximum atomic E-state index is 11.1. The number of ether oxygens (including phenoxy) is 1. The van der Waals surface area contributed by atoms with Gasteiger partial charge in [0.15, 0.2) is 0 Å². The van der Waals surface area contributed by atoms with E-state index in [0.717, 1.165) is 28.5 Å². The zero-order chi connectivity index (χ0) is 20.4. The highest BCUT2D eigenvalue weighted by atomic mass is 16.6. The first-order valence-corrected chi connectivity index (χ1v) is 8.70. The minimum absolute atomic E-state index is 0.186. The van der Waals surface area contributed by atoms with Gasteiger partial charge in [0.2, 0.25) is 5.75 Å². The van der Waals surface area contributed by atoms with Crippen LogP contribution in [0.2, 0.25) is 0 Å². The minimum atomic E-state index is -0.670. The lowest BCUT2D eigenvalue weighted by Gasteiger charge is -2.04. The van der Waals surface area contributed by atoms with Crippen molar-refractivity contribution >= 4 is 28.6 Å². The Morgan fingerprint density at radius 3 is 2.69 bits per heavy atom. The summed E-state index contributed by atoms with van der Waals surface area (Å²) in [4.78, 5) is 22.6. The lowest BCUT2D eigenvalue weighted by Crippen LogP contribution is -1.94. The van der Waals surface area contributed by atoms with Gasteiger partial charge in [-0.05, 0) is 24.3 Å². The van der Waals surface area contributed by atoms with Gasteiger partial charge in [-0.25, -0.2) is 4.98 Å². The SMILES string of the molecule is COc1cc(C=Nc2ccc3nc(-c4ccccc4)[nH]c3c2)c(O)c([N+](=O)[O-])c1.